The van der Waals surface area contributed by atoms with Gasteiger partial charge in [-0.1, -0.05) is 18.2 Å². The average molecular weight is 359 g/mol. The summed E-state index contributed by atoms with van der Waals surface area (Å²) in [5, 5.41) is 9.85. The summed E-state index contributed by atoms with van der Waals surface area (Å²) in [6, 6.07) is 16.6. The Morgan fingerprint density at radius 3 is 2.78 bits per heavy atom. The van der Waals surface area contributed by atoms with Crippen molar-refractivity contribution in [2.75, 3.05) is 11.4 Å². The normalized spacial score (nSPS) is 16.5. The van der Waals surface area contributed by atoms with Gasteiger partial charge in [0.05, 0.1) is 18.1 Å². The molecule has 0 bridgehead atoms. The third-order valence-corrected chi connectivity index (χ3v) is 4.75. The SMILES string of the molecule is N#Cc1ccc(N2CC[C@@H](OC(=O)Cc3c[nH]c4ccccc34)C2=O)cc1. The maximum Gasteiger partial charge on any atom is 0.311 e. The van der Waals surface area contributed by atoms with Crippen LogP contribution >= 0.6 is 0 Å². The van der Waals surface area contributed by atoms with Gasteiger partial charge in [0.2, 0.25) is 0 Å². The molecule has 0 radical (unpaired) electrons. The van der Waals surface area contributed by atoms with Gasteiger partial charge < -0.3 is 14.6 Å². The van der Waals surface area contributed by atoms with E-state index in [4.69, 9.17) is 10.00 Å². The van der Waals surface area contributed by atoms with E-state index in [2.05, 4.69) is 4.98 Å². The van der Waals surface area contributed by atoms with Crippen LogP contribution in [0.15, 0.2) is 54.7 Å². The van der Waals surface area contributed by atoms with Crippen molar-refractivity contribution in [3.63, 3.8) is 0 Å². The van der Waals surface area contributed by atoms with Crippen molar-refractivity contribution in [3.8, 4) is 6.07 Å². The molecule has 134 valence electrons. The highest BCUT2D eigenvalue weighted by molar-refractivity contribution is 6.00. The number of para-hydroxylation sites is 1. The second-order valence-corrected chi connectivity index (χ2v) is 6.45. The average Bonchev–Trinajstić information content (AvgIpc) is 3.26. The highest BCUT2D eigenvalue weighted by Crippen LogP contribution is 2.24. The van der Waals surface area contributed by atoms with Crippen molar-refractivity contribution in [1.82, 2.24) is 4.98 Å². The molecule has 1 N–H and O–H groups in total. The summed E-state index contributed by atoms with van der Waals surface area (Å²) in [6.07, 6.45) is 1.60. The Labute approximate surface area is 156 Å². The molecule has 1 amide bonds. The van der Waals surface area contributed by atoms with Gasteiger partial charge in [0.25, 0.3) is 5.91 Å². The fourth-order valence-electron chi connectivity index (χ4n) is 3.37. The largest absolute Gasteiger partial charge is 0.452 e. The lowest BCUT2D eigenvalue weighted by molar-refractivity contribution is -0.152. The number of nitriles is 1. The van der Waals surface area contributed by atoms with E-state index in [1.165, 1.54) is 0 Å². The zero-order chi connectivity index (χ0) is 18.8. The first-order valence-electron chi connectivity index (χ1n) is 8.72. The van der Waals surface area contributed by atoms with Crippen LogP contribution in [-0.2, 0) is 20.7 Å². The van der Waals surface area contributed by atoms with Crippen molar-refractivity contribution in [2.45, 2.75) is 18.9 Å². The smallest absolute Gasteiger partial charge is 0.311 e. The van der Waals surface area contributed by atoms with Crippen molar-refractivity contribution < 1.29 is 14.3 Å². The van der Waals surface area contributed by atoms with Crippen LogP contribution in [0.1, 0.15) is 17.5 Å². The molecule has 6 nitrogen and oxygen atoms in total. The first-order valence-corrected chi connectivity index (χ1v) is 8.72. The van der Waals surface area contributed by atoms with Gasteiger partial charge in [-0.3, -0.25) is 9.59 Å². The minimum absolute atomic E-state index is 0.116. The van der Waals surface area contributed by atoms with E-state index >= 15 is 0 Å². The summed E-state index contributed by atoms with van der Waals surface area (Å²) in [5.41, 5.74) is 3.05. The molecule has 1 aliphatic heterocycles. The number of hydrogen-bond donors (Lipinski definition) is 1. The molecule has 0 spiro atoms. The molecule has 0 aliphatic carbocycles. The predicted molar refractivity (Wildman–Crippen MR) is 100 cm³/mol. The number of ether oxygens (including phenoxy) is 1. The number of nitrogens with zero attached hydrogens (tertiary/aromatic N) is 2. The van der Waals surface area contributed by atoms with Crippen LogP contribution in [0.5, 0.6) is 0 Å². The molecule has 2 heterocycles. The molecule has 3 aromatic rings. The fourth-order valence-corrected chi connectivity index (χ4v) is 3.37. The first kappa shape index (κ1) is 16.9. The molecule has 1 atom stereocenters. The number of amides is 1. The Morgan fingerprint density at radius 2 is 2.00 bits per heavy atom. The lowest BCUT2D eigenvalue weighted by Crippen LogP contribution is -2.32. The molecule has 1 fully saturated rings. The van der Waals surface area contributed by atoms with Gasteiger partial charge in [-0.2, -0.15) is 5.26 Å². The number of rotatable bonds is 4. The van der Waals surface area contributed by atoms with E-state index in [9.17, 15) is 9.59 Å². The Hall–Kier alpha value is -3.59. The van der Waals surface area contributed by atoms with Gasteiger partial charge in [-0.05, 0) is 35.9 Å². The van der Waals surface area contributed by atoms with Crippen LogP contribution in [0.4, 0.5) is 5.69 Å². The molecule has 1 aromatic heterocycles. The van der Waals surface area contributed by atoms with Crippen molar-refractivity contribution >= 4 is 28.5 Å². The monoisotopic (exact) mass is 359 g/mol. The molecule has 0 unspecified atom stereocenters. The second kappa shape index (κ2) is 6.96. The van der Waals surface area contributed by atoms with Crippen LogP contribution < -0.4 is 4.90 Å². The summed E-state index contributed by atoms with van der Waals surface area (Å²) in [7, 11) is 0. The molecular formula is C21H17N3O3. The summed E-state index contributed by atoms with van der Waals surface area (Å²) in [4.78, 5) is 29.6. The number of aromatic nitrogens is 1. The number of esters is 1. The topological polar surface area (TPSA) is 86.2 Å². The Kier molecular flexibility index (Phi) is 4.35. The minimum Gasteiger partial charge on any atom is -0.452 e. The number of hydrogen-bond acceptors (Lipinski definition) is 4. The Bertz CT molecular complexity index is 1050. The predicted octanol–water partition coefficient (Wildman–Crippen LogP) is 2.93. The van der Waals surface area contributed by atoms with E-state index in [0.717, 1.165) is 16.5 Å². The molecule has 4 rings (SSSR count). The lowest BCUT2D eigenvalue weighted by Gasteiger charge is -2.16. The van der Waals surface area contributed by atoms with Gasteiger partial charge >= 0.3 is 5.97 Å². The van der Waals surface area contributed by atoms with Crippen molar-refractivity contribution in [3.05, 3.63) is 65.9 Å². The number of nitrogens with one attached hydrogen (secondary N) is 1. The van der Waals surface area contributed by atoms with Crippen LogP contribution in [0.3, 0.4) is 0 Å². The van der Waals surface area contributed by atoms with Gasteiger partial charge in [0, 0.05) is 35.8 Å². The van der Waals surface area contributed by atoms with E-state index in [1.54, 1.807) is 35.4 Å². The van der Waals surface area contributed by atoms with Crippen LogP contribution in [0.25, 0.3) is 10.9 Å². The minimum atomic E-state index is -0.765. The van der Waals surface area contributed by atoms with E-state index in [0.29, 0.717) is 24.2 Å². The van der Waals surface area contributed by atoms with Gasteiger partial charge in [-0.15, -0.1) is 0 Å². The fraction of sp³-hybridized carbons (Fsp3) is 0.190. The highest BCUT2D eigenvalue weighted by Gasteiger charge is 2.35. The number of H-pyrrole nitrogens is 1. The standard InChI is InChI=1S/C21H17N3O3/c22-12-14-5-7-16(8-6-14)24-10-9-19(21(24)26)27-20(25)11-15-13-23-18-4-2-1-3-17(15)18/h1-8,13,19,23H,9-11H2/t19-/m1/s1. The molecule has 1 saturated heterocycles. The lowest BCUT2D eigenvalue weighted by atomic mass is 10.1. The van der Waals surface area contributed by atoms with E-state index < -0.39 is 12.1 Å². The summed E-state index contributed by atoms with van der Waals surface area (Å²) in [6.45, 7) is 0.482. The zero-order valence-electron chi connectivity index (χ0n) is 14.5. The summed E-state index contributed by atoms with van der Waals surface area (Å²) < 4.78 is 5.45. The van der Waals surface area contributed by atoms with Crippen LogP contribution in [0, 0.1) is 11.3 Å². The number of carbonyl (C=O) groups is 2. The quantitative estimate of drug-likeness (QED) is 0.726. The molecule has 0 saturated carbocycles. The highest BCUT2D eigenvalue weighted by atomic mass is 16.5. The van der Waals surface area contributed by atoms with Crippen LogP contribution in [0.2, 0.25) is 0 Å². The second-order valence-electron chi connectivity index (χ2n) is 6.45. The van der Waals surface area contributed by atoms with Gasteiger partial charge in [0.1, 0.15) is 0 Å². The third-order valence-electron chi connectivity index (χ3n) is 4.75. The summed E-state index contributed by atoms with van der Waals surface area (Å²) >= 11 is 0. The van der Waals surface area contributed by atoms with Crippen molar-refractivity contribution in [1.29, 1.82) is 5.26 Å². The third kappa shape index (κ3) is 3.27. The first-order chi connectivity index (χ1) is 13.2. The number of benzene rings is 2. The molecular weight excluding hydrogens is 342 g/mol. The molecule has 6 heteroatoms. The van der Waals surface area contributed by atoms with Gasteiger partial charge in [0.15, 0.2) is 6.10 Å². The number of aromatic amines is 1. The maximum absolute atomic E-state index is 12.6. The summed E-state index contributed by atoms with van der Waals surface area (Å²) in [5.74, 6) is -0.647. The van der Waals surface area contributed by atoms with E-state index in [1.807, 2.05) is 30.3 Å². The van der Waals surface area contributed by atoms with Crippen LogP contribution in [-0.4, -0.2) is 29.5 Å². The molecule has 27 heavy (non-hydrogen) atoms. The van der Waals surface area contributed by atoms with Crippen molar-refractivity contribution in [2.24, 2.45) is 0 Å². The molecule has 1 aliphatic rings. The number of fused-ring (bicyclic) bond motifs is 1. The maximum atomic E-state index is 12.6. The van der Waals surface area contributed by atoms with Gasteiger partial charge in [-0.25, -0.2) is 0 Å². The number of anilines is 1. The molecule has 2 aromatic carbocycles. The van der Waals surface area contributed by atoms with E-state index in [-0.39, 0.29) is 12.3 Å². The Morgan fingerprint density at radius 1 is 1.22 bits per heavy atom. The Balaban J connectivity index is 1.41. The zero-order valence-corrected chi connectivity index (χ0v) is 14.5. The number of carbonyl (C=O) groups excluding carboxylic acids is 2.